The Morgan fingerprint density at radius 3 is 2.50 bits per heavy atom. The largest absolute Gasteiger partial charge is 0.379 e. The number of para-hydroxylation sites is 2. The van der Waals surface area contributed by atoms with Crippen molar-refractivity contribution in [3.8, 4) is 0 Å². The lowest BCUT2D eigenvalue weighted by Gasteiger charge is -2.36. The Morgan fingerprint density at radius 2 is 1.67 bits per heavy atom. The van der Waals surface area contributed by atoms with E-state index in [4.69, 9.17) is 4.74 Å². The maximum absolute atomic E-state index is 14.2. The summed E-state index contributed by atoms with van der Waals surface area (Å²) in [6.07, 6.45) is 1.20. The van der Waals surface area contributed by atoms with Crippen LogP contribution in [0.2, 0.25) is 0 Å². The highest BCUT2D eigenvalue weighted by Crippen LogP contribution is 2.45. The van der Waals surface area contributed by atoms with Gasteiger partial charge in [-0.2, -0.15) is 0 Å². The molecule has 7 rings (SSSR count). The molecule has 4 aromatic rings. The number of H-pyrrole nitrogens is 1. The Balaban J connectivity index is 1.18. The molecular weight excluding hydrogens is 530 g/mol. The third kappa shape index (κ3) is 4.55. The molecule has 3 aliphatic heterocycles. The number of amides is 4. The third-order valence-electron chi connectivity index (χ3n) is 8.59. The molecule has 1 aromatic heterocycles. The zero-order valence-corrected chi connectivity index (χ0v) is 23.3. The van der Waals surface area contributed by atoms with E-state index in [1.165, 1.54) is 4.90 Å². The van der Waals surface area contributed by atoms with Crippen molar-refractivity contribution in [1.82, 2.24) is 20.1 Å². The lowest BCUT2D eigenvalue weighted by Crippen LogP contribution is -2.44. The quantitative estimate of drug-likeness (QED) is 0.261. The van der Waals surface area contributed by atoms with Gasteiger partial charge in [-0.1, -0.05) is 60.7 Å². The first-order chi connectivity index (χ1) is 20.6. The second-order valence-electron chi connectivity index (χ2n) is 11.0. The number of hydrogen-bond donors (Lipinski definition) is 2. The molecule has 1 unspecified atom stereocenters. The van der Waals surface area contributed by atoms with Crippen molar-refractivity contribution in [1.29, 1.82) is 0 Å². The SMILES string of the molecule is O=C(NCCCN1CCOCC1)c1ccccc1N1C(=O)[C@@H]2Cc3c([nH]c4ccccc34)C(c3ccccc3)N2C1=O. The predicted octanol–water partition coefficient (Wildman–Crippen LogP) is 4.10. The molecule has 3 aliphatic rings. The van der Waals surface area contributed by atoms with Crippen LogP contribution in [0, 0.1) is 0 Å². The summed E-state index contributed by atoms with van der Waals surface area (Å²) in [4.78, 5) is 50.5. The van der Waals surface area contributed by atoms with Crippen molar-refractivity contribution in [2.24, 2.45) is 0 Å². The van der Waals surface area contributed by atoms with Gasteiger partial charge in [0, 0.05) is 42.7 Å². The van der Waals surface area contributed by atoms with E-state index in [0.717, 1.165) is 67.0 Å². The number of nitrogens with one attached hydrogen (secondary N) is 2. The fourth-order valence-electron chi connectivity index (χ4n) is 6.56. The highest BCUT2D eigenvalue weighted by atomic mass is 16.5. The summed E-state index contributed by atoms with van der Waals surface area (Å²) in [6.45, 7) is 4.65. The Hall–Kier alpha value is -4.47. The van der Waals surface area contributed by atoms with Gasteiger partial charge in [0.25, 0.3) is 11.8 Å². The van der Waals surface area contributed by atoms with Gasteiger partial charge < -0.3 is 15.0 Å². The van der Waals surface area contributed by atoms with Gasteiger partial charge in [-0.15, -0.1) is 0 Å². The molecule has 4 amide bonds. The van der Waals surface area contributed by atoms with Gasteiger partial charge in [0.2, 0.25) is 0 Å². The van der Waals surface area contributed by atoms with E-state index in [2.05, 4.69) is 21.3 Å². The van der Waals surface area contributed by atoms with Gasteiger partial charge in [0.1, 0.15) is 12.1 Å². The fourth-order valence-corrected chi connectivity index (χ4v) is 6.56. The first-order valence-electron chi connectivity index (χ1n) is 14.6. The molecule has 2 fully saturated rings. The van der Waals surface area contributed by atoms with Crippen LogP contribution in [0.5, 0.6) is 0 Å². The monoisotopic (exact) mass is 563 g/mol. The second kappa shape index (κ2) is 11.1. The summed E-state index contributed by atoms with van der Waals surface area (Å²) >= 11 is 0. The number of rotatable bonds is 7. The van der Waals surface area contributed by atoms with E-state index in [9.17, 15) is 14.4 Å². The van der Waals surface area contributed by atoms with E-state index >= 15 is 0 Å². The minimum absolute atomic E-state index is 0.297. The number of urea groups is 1. The molecule has 42 heavy (non-hydrogen) atoms. The molecule has 0 bridgehead atoms. The standard InChI is InChI=1S/C33H33N5O4/c39-31(34-15-8-16-36-17-19-42-20-18-36)24-12-5-7-14-27(24)38-32(40)28-21-25-23-11-4-6-13-26(23)35-29(25)30(37(28)33(38)41)22-9-2-1-3-10-22/h1-7,9-14,28,30,35H,8,15-21H2,(H,34,39)/t28-,30?/m0/s1. The molecule has 2 atom stereocenters. The van der Waals surface area contributed by atoms with Crippen LogP contribution in [0.25, 0.3) is 10.9 Å². The Labute approximate surface area is 244 Å². The number of imide groups is 1. The van der Waals surface area contributed by atoms with Crippen molar-refractivity contribution < 1.29 is 19.1 Å². The number of anilines is 1. The van der Waals surface area contributed by atoms with E-state index in [0.29, 0.717) is 24.2 Å². The molecule has 0 aliphatic carbocycles. The number of ether oxygens (including phenoxy) is 1. The van der Waals surface area contributed by atoms with E-state index in [1.54, 1.807) is 29.2 Å². The van der Waals surface area contributed by atoms with Crippen molar-refractivity contribution in [2.45, 2.75) is 24.9 Å². The minimum Gasteiger partial charge on any atom is -0.379 e. The van der Waals surface area contributed by atoms with Crippen molar-refractivity contribution in [2.75, 3.05) is 44.3 Å². The number of carbonyl (C=O) groups is 3. The number of aromatic nitrogens is 1. The maximum Gasteiger partial charge on any atom is 0.332 e. The van der Waals surface area contributed by atoms with Crippen molar-refractivity contribution >= 4 is 34.4 Å². The Kier molecular flexibility index (Phi) is 6.97. The van der Waals surface area contributed by atoms with Gasteiger partial charge in [0.15, 0.2) is 0 Å². The summed E-state index contributed by atoms with van der Waals surface area (Å²) in [5.41, 5.74) is 4.50. The average molecular weight is 564 g/mol. The first kappa shape index (κ1) is 26.4. The number of fused-ring (bicyclic) bond motifs is 4. The number of nitrogens with zero attached hydrogens (tertiary/aromatic N) is 3. The average Bonchev–Trinajstić information content (AvgIpc) is 3.53. The summed E-state index contributed by atoms with van der Waals surface area (Å²) in [5.74, 6) is -0.613. The molecule has 0 spiro atoms. The highest BCUT2D eigenvalue weighted by molar-refractivity contribution is 6.24. The van der Waals surface area contributed by atoms with Crippen LogP contribution in [-0.4, -0.2) is 78.1 Å². The van der Waals surface area contributed by atoms with Crippen LogP contribution < -0.4 is 10.2 Å². The van der Waals surface area contributed by atoms with Crippen LogP contribution in [-0.2, 0) is 16.0 Å². The van der Waals surface area contributed by atoms with Crippen LogP contribution in [0.1, 0.15) is 39.6 Å². The molecule has 0 saturated carbocycles. The van der Waals surface area contributed by atoms with Gasteiger partial charge in [-0.3, -0.25) is 19.4 Å². The third-order valence-corrected chi connectivity index (χ3v) is 8.59. The molecular formula is C33H33N5O4. The maximum atomic E-state index is 14.2. The summed E-state index contributed by atoms with van der Waals surface area (Å²) < 4.78 is 5.40. The predicted molar refractivity (Wildman–Crippen MR) is 159 cm³/mol. The number of morpholine rings is 1. The van der Waals surface area contributed by atoms with Gasteiger partial charge >= 0.3 is 6.03 Å². The molecule has 2 N–H and O–H groups in total. The van der Waals surface area contributed by atoms with Crippen LogP contribution >= 0.6 is 0 Å². The molecule has 9 heteroatoms. The first-order valence-corrected chi connectivity index (χ1v) is 14.6. The Morgan fingerprint density at radius 1 is 0.929 bits per heavy atom. The summed E-state index contributed by atoms with van der Waals surface area (Å²) in [5, 5.41) is 4.05. The fraction of sp³-hybridized carbons (Fsp3) is 0.303. The molecule has 3 aromatic carbocycles. The van der Waals surface area contributed by atoms with Gasteiger partial charge in [-0.25, -0.2) is 9.69 Å². The van der Waals surface area contributed by atoms with Crippen LogP contribution in [0.15, 0.2) is 78.9 Å². The normalized spacial score (nSPS) is 20.6. The number of hydrogen-bond acceptors (Lipinski definition) is 5. The van der Waals surface area contributed by atoms with E-state index in [1.807, 2.05) is 48.5 Å². The van der Waals surface area contributed by atoms with E-state index < -0.39 is 18.1 Å². The van der Waals surface area contributed by atoms with Crippen molar-refractivity contribution in [3.63, 3.8) is 0 Å². The smallest absolute Gasteiger partial charge is 0.332 e. The lowest BCUT2D eigenvalue weighted by molar-refractivity contribution is -0.120. The zero-order valence-electron chi connectivity index (χ0n) is 23.3. The topological polar surface area (TPSA) is 98.0 Å². The number of carbonyl (C=O) groups excluding carboxylic acids is 3. The molecule has 4 heterocycles. The molecule has 9 nitrogen and oxygen atoms in total. The van der Waals surface area contributed by atoms with Crippen LogP contribution in [0.3, 0.4) is 0 Å². The lowest BCUT2D eigenvalue weighted by atomic mass is 9.89. The highest BCUT2D eigenvalue weighted by Gasteiger charge is 2.53. The van der Waals surface area contributed by atoms with Gasteiger partial charge in [0.05, 0.1) is 24.5 Å². The van der Waals surface area contributed by atoms with Crippen LogP contribution in [0.4, 0.5) is 10.5 Å². The zero-order chi connectivity index (χ0) is 28.6. The van der Waals surface area contributed by atoms with Crippen molar-refractivity contribution in [3.05, 3.63) is 101 Å². The Bertz CT molecular complexity index is 1640. The summed E-state index contributed by atoms with van der Waals surface area (Å²) in [6, 6.07) is 23.2. The minimum atomic E-state index is -0.681. The summed E-state index contributed by atoms with van der Waals surface area (Å²) in [7, 11) is 0. The molecule has 2 saturated heterocycles. The van der Waals surface area contributed by atoms with Gasteiger partial charge in [-0.05, 0) is 42.3 Å². The van der Waals surface area contributed by atoms with E-state index in [-0.39, 0.29) is 11.8 Å². The number of aromatic amines is 1. The second-order valence-corrected chi connectivity index (χ2v) is 11.0. The molecule has 0 radical (unpaired) electrons. The molecule has 214 valence electrons. The number of benzene rings is 3.